The van der Waals surface area contributed by atoms with Gasteiger partial charge in [-0.15, -0.1) is 0 Å². The van der Waals surface area contributed by atoms with Crippen LogP contribution in [-0.4, -0.2) is 24.9 Å². The standard InChI is InChI=1S/C9H14F2N2O/c1-2-3-4-5-8(14)13-7-9(10,11)6-12/h2-5H,6-7,12H2,1H3,(H,13,14). The molecule has 1 amide bonds. The zero-order valence-corrected chi connectivity index (χ0v) is 7.97. The first-order chi connectivity index (χ1) is 6.52. The lowest BCUT2D eigenvalue weighted by molar-refractivity contribution is -0.118. The molecule has 0 heterocycles. The molecule has 0 fully saturated rings. The molecule has 80 valence electrons. The Morgan fingerprint density at radius 3 is 2.64 bits per heavy atom. The van der Waals surface area contributed by atoms with Gasteiger partial charge in [0.25, 0.3) is 5.92 Å². The van der Waals surface area contributed by atoms with E-state index >= 15 is 0 Å². The molecule has 0 aliphatic rings. The zero-order chi connectivity index (χ0) is 11.0. The van der Waals surface area contributed by atoms with Crippen molar-refractivity contribution in [2.24, 2.45) is 5.73 Å². The third kappa shape index (κ3) is 6.30. The van der Waals surface area contributed by atoms with Crippen LogP contribution in [0.5, 0.6) is 0 Å². The van der Waals surface area contributed by atoms with Crippen molar-refractivity contribution in [2.45, 2.75) is 12.8 Å². The smallest absolute Gasteiger partial charge is 0.277 e. The first-order valence-corrected chi connectivity index (χ1v) is 4.17. The van der Waals surface area contributed by atoms with E-state index in [9.17, 15) is 13.6 Å². The predicted molar refractivity (Wildman–Crippen MR) is 51.0 cm³/mol. The van der Waals surface area contributed by atoms with E-state index in [0.29, 0.717) is 0 Å². The van der Waals surface area contributed by atoms with Crippen molar-refractivity contribution in [3.63, 3.8) is 0 Å². The highest BCUT2D eigenvalue weighted by Gasteiger charge is 2.26. The molecule has 0 aromatic heterocycles. The lowest BCUT2D eigenvalue weighted by Crippen LogP contribution is -2.41. The minimum Gasteiger partial charge on any atom is -0.346 e. The number of nitrogens with one attached hydrogen (secondary N) is 1. The summed E-state index contributed by atoms with van der Waals surface area (Å²) in [6.07, 6.45) is 5.99. The van der Waals surface area contributed by atoms with E-state index < -0.39 is 24.9 Å². The Hall–Kier alpha value is -1.23. The van der Waals surface area contributed by atoms with Crippen LogP contribution in [0.15, 0.2) is 24.3 Å². The fraction of sp³-hybridized carbons (Fsp3) is 0.444. The summed E-state index contributed by atoms with van der Waals surface area (Å²) in [5.74, 6) is -3.60. The number of rotatable bonds is 5. The zero-order valence-electron chi connectivity index (χ0n) is 7.97. The van der Waals surface area contributed by atoms with E-state index in [1.54, 1.807) is 19.1 Å². The SMILES string of the molecule is CC=CC=CC(=O)NCC(F)(F)CN. The van der Waals surface area contributed by atoms with Crippen LogP contribution >= 0.6 is 0 Å². The summed E-state index contributed by atoms with van der Waals surface area (Å²) < 4.78 is 25.0. The monoisotopic (exact) mass is 204 g/mol. The lowest BCUT2D eigenvalue weighted by Gasteiger charge is -2.13. The summed E-state index contributed by atoms with van der Waals surface area (Å²) in [6, 6.07) is 0. The van der Waals surface area contributed by atoms with Crippen LogP contribution in [0.1, 0.15) is 6.92 Å². The highest BCUT2D eigenvalue weighted by molar-refractivity contribution is 5.87. The van der Waals surface area contributed by atoms with Crippen LogP contribution in [0.3, 0.4) is 0 Å². The molecule has 0 aliphatic heterocycles. The Morgan fingerprint density at radius 2 is 2.14 bits per heavy atom. The van der Waals surface area contributed by atoms with Crippen molar-refractivity contribution >= 4 is 5.91 Å². The van der Waals surface area contributed by atoms with Crippen molar-refractivity contribution in [2.75, 3.05) is 13.1 Å². The highest BCUT2D eigenvalue weighted by Crippen LogP contribution is 2.08. The van der Waals surface area contributed by atoms with Crippen LogP contribution in [0.25, 0.3) is 0 Å². The third-order valence-electron chi connectivity index (χ3n) is 1.37. The molecule has 3 N–H and O–H groups in total. The first kappa shape index (κ1) is 12.8. The van der Waals surface area contributed by atoms with Gasteiger partial charge in [0.15, 0.2) is 0 Å². The number of carbonyl (C=O) groups excluding carboxylic acids is 1. The molecule has 5 heteroatoms. The van der Waals surface area contributed by atoms with Gasteiger partial charge in [-0.25, -0.2) is 8.78 Å². The second-order valence-electron chi connectivity index (χ2n) is 2.66. The number of alkyl halides is 2. The second kappa shape index (κ2) is 6.26. The van der Waals surface area contributed by atoms with Crippen LogP contribution < -0.4 is 11.1 Å². The van der Waals surface area contributed by atoms with Gasteiger partial charge < -0.3 is 11.1 Å². The summed E-state index contributed by atoms with van der Waals surface area (Å²) in [5, 5.41) is 2.04. The van der Waals surface area contributed by atoms with Crippen LogP contribution in [-0.2, 0) is 4.79 Å². The third-order valence-corrected chi connectivity index (χ3v) is 1.37. The van der Waals surface area contributed by atoms with Crippen LogP contribution in [0, 0.1) is 0 Å². The number of hydrogen-bond acceptors (Lipinski definition) is 2. The first-order valence-electron chi connectivity index (χ1n) is 4.17. The van der Waals surface area contributed by atoms with E-state index in [-0.39, 0.29) is 0 Å². The number of amides is 1. The van der Waals surface area contributed by atoms with Crippen molar-refractivity contribution < 1.29 is 13.6 Å². The lowest BCUT2D eigenvalue weighted by atomic mass is 10.3. The average molecular weight is 204 g/mol. The van der Waals surface area contributed by atoms with E-state index in [2.05, 4.69) is 0 Å². The van der Waals surface area contributed by atoms with Gasteiger partial charge in [0.05, 0.1) is 13.1 Å². The van der Waals surface area contributed by atoms with Gasteiger partial charge in [0.1, 0.15) is 0 Å². The quantitative estimate of drug-likeness (QED) is 0.514. The van der Waals surface area contributed by atoms with Crippen LogP contribution in [0.2, 0.25) is 0 Å². The van der Waals surface area contributed by atoms with E-state index in [1.165, 1.54) is 12.2 Å². The Bertz CT molecular complexity index is 237. The summed E-state index contributed by atoms with van der Waals surface area (Å²) >= 11 is 0. The minimum absolute atomic E-state index is 0.559. The molecular weight excluding hydrogens is 190 g/mol. The molecule has 0 unspecified atom stereocenters. The van der Waals surface area contributed by atoms with E-state index in [4.69, 9.17) is 5.73 Å². The van der Waals surface area contributed by atoms with Gasteiger partial charge >= 0.3 is 0 Å². The fourth-order valence-electron chi connectivity index (χ4n) is 0.602. The van der Waals surface area contributed by atoms with E-state index in [0.717, 1.165) is 0 Å². The van der Waals surface area contributed by atoms with Gasteiger partial charge in [0, 0.05) is 6.08 Å². The molecule has 0 radical (unpaired) electrons. The second-order valence-corrected chi connectivity index (χ2v) is 2.66. The van der Waals surface area contributed by atoms with Gasteiger partial charge in [-0.1, -0.05) is 18.2 Å². The molecule has 0 saturated heterocycles. The summed E-state index contributed by atoms with van der Waals surface area (Å²) in [6.45, 7) is 0.277. The largest absolute Gasteiger partial charge is 0.346 e. The Labute approximate surface area is 81.7 Å². The maximum atomic E-state index is 12.5. The molecule has 0 rings (SSSR count). The summed E-state index contributed by atoms with van der Waals surface area (Å²) in [5.41, 5.74) is 4.78. The molecular formula is C9H14F2N2O. The van der Waals surface area contributed by atoms with Crippen molar-refractivity contribution in [3.8, 4) is 0 Å². The molecule has 0 aromatic rings. The predicted octanol–water partition coefficient (Wildman–Crippen LogP) is 0.829. The molecule has 14 heavy (non-hydrogen) atoms. The van der Waals surface area contributed by atoms with Crippen LogP contribution in [0.4, 0.5) is 8.78 Å². The van der Waals surface area contributed by atoms with Gasteiger partial charge in [-0.2, -0.15) is 0 Å². The maximum absolute atomic E-state index is 12.5. The topological polar surface area (TPSA) is 55.1 Å². The average Bonchev–Trinajstić information content (AvgIpc) is 2.16. The molecule has 0 atom stereocenters. The number of hydrogen-bond donors (Lipinski definition) is 2. The van der Waals surface area contributed by atoms with E-state index in [1.807, 2.05) is 5.32 Å². The van der Waals surface area contributed by atoms with Crippen molar-refractivity contribution in [1.82, 2.24) is 5.32 Å². The Morgan fingerprint density at radius 1 is 1.50 bits per heavy atom. The molecule has 0 aliphatic carbocycles. The number of nitrogens with two attached hydrogens (primary N) is 1. The molecule has 0 saturated carbocycles. The highest BCUT2D eigenvalue weighted by atomic mass is 19.3. The van der Waals surface area contributed by atoms with Crippen molar-refractivity contribution in [3.05, 3.63) is 24.3 Å². The normalized spacial score (nSPS) is 12.6. The molecule has 3 nitrogen and oxygen atoms in total. The molecule has 0 spiro atoms. The molecule has 0 bridgehead atoms. The summed E-state index contributed by atoms with van der Waals surface area (Å²) in [4.78, 5) is 10.9. The maximum Gasteiger partial charge on any atom is 0.277 e. The van der Waals surface area contributed by atoms with Gasteiger partial charge in [-0.3, -0.25) is 4.79 Å². The van der Waals surface area contributed by atoms with Gasteiger partial charge in [-0.05, 0) is 6.92 Å². The number of halogens is 2. The number of allylic oxidation sites excluding steroid dienone is 3. The number of carbonyl (C=O) groups is 1. The van der Waals surface area contributed by atoms with Crippen molar-refractivity contribution in [1.29, 1.82) is 0 Å². The minimum atomic E-state index is -3.04. The van der Waals surface area contributed by atoms with Gasteiger partial charge in [0.2, 0.25) is 5.91 Å². The summed E-state index contributed by atoms with van der Waals surface area (Å²) in [7, 11) is 0. The molecule has 0 aromatic carbocycles. The Balaban J connectivity index is 3.85. The Kier molecular flexibility index (Phi) is 5.71. The fourth-order valence-corrected chi connectivity index (χ4v) is 0.602.